The number of carbonyl (C=O) groups is 1. The third-order valence-electron chi connectivity index (χ3n) is 4.58. The molecule has 10 heteroatoms. The molecule has 3 rings (SSSR count). The Morgan fingerprint density at radius 3 is 2.23 bits per heavy atom. The van der Waals surface area contributed by atoms with Crippen LogP contribution in [0.25, 0.3) is 10.2 Å². The third-order valence-corrected chi connectivity index (χ3v) is 7.45. The molecule has 1 aromatic heterocycles. The predicted molar refractivity (Wildman–Crippen MR) is 116 cm³/mol. The molecule has 0 spiro atoms. The van der Waals surface area contributed by atoms with Crippen molar-refractivity contribution in [3.05, 3.63) is 46.8 Å². The molecule has 1 amide bonds. The average molecular weight is 450 g/mol. The van der Waals surface area contributed by atoms with E-state index >= 15 is 0 Å². The molecule has 0 bridgehead atoms. The van der Waals surface area contributed by atoms with E-state index in [9.17, 15) is 13.2 Å². The van der Waals surface area contributed by atoms with Crippen LogP contribution in [0, 0.1) is 0 Å². The van der Waals surface area contributed by atoms with Crippen LogP contribution in [0.4, 0.5) is 0 Å². The zero-order valence-corrected chi connectivity index (χ0v) is 19.0. The van der Waals surface area contributed by atoms with Crippen LogP contribution in [0.3, 0.4) is 0 Å². The lowest BCUT2D eigenvalue weighted by atomic mass is 10.2. The van der Waals surface area contributed by atoms with Gasteiger partial charge in [0.05, 0.1) is 29.3 Å². The van der Waals surface area contributed by atoms with Crippen molar-refractivity contribution in [2.24, 2.45) is 4.99 Å². The minimum Gasteiger partial charge on any atom is -0.493 e. The summed E-state index contributed by atoms with van der Waals surface area (Å²) in [5.74, 6) is 0.752. The normalized spacial score (nSPS) is 12.5. The maximum Gasteiger partial charge on any atom is 0.279 e. The van der Waals surface area contributed by atoms with Gasteiger partial charge in [0.1, 0.15) is 0 Å². The molecule has 30 heavy (non-hydrogen) atoms. The maximum atomic E-state index is 12.7. The summed E-state index contributed by atoms with van der Waals surface area (Å²) in [6.07, 6.45) is 0. The highest BCUT2D eigenvalue weighted by Crippen LogP contribution is 2.33. The average Bonchev–Trinajstić information content (AvgIpc) is 3.08. The van der Waals surface area contributed by atoms with Gasteiger partial charge < -0.3 is 14.0 Å². The summed E-state index contributed by atoms with van der Waals surface area (Å²) in [5, 5.41) is 0. The van der Waals surface area contributed by atoms with Crippen molar-refractivity contribution in [1.82, 2.24) is 8.87 Å². The summed E-state index contributed by atoms with van der Waals surface area (Å²) < 4.78 is 39.1. The first-order valence-corrected chi connectivity index (χ1v) is 11.4. The van der Waals surface area contributed by atoms with Crippen LogP contribution in [0.1, 0.15) is 17.3 Å². The number of benzene rings is 2. The van der Waals surface area contributed by atoms with Crippen LogP contribution in [0.2, 0.25) is 0 Å². The summed E-state index contributed by atoms with van der Waals surface area (Å²) >= 11 is 1.37. The number of nitrogens with zero attached hydrogens (tertiary/aromatic N) is 3. The molecule has 0 fully saturated rings. The second-order valence-corrected chi connectivity index (χ2v) is 9.69. The Kier molecular flexibility index (Phi) is 6.30. The first-order chi connectivity index (χ1) is 14.2. The molecule has 0 saturated carbocycles. The number of aryl methyl sites for hydroxylation is 1. The van der Waals surface area contributed by atoms with Crippen LogP contribution in [0.5, 0.6) is 11.5 Å². The second kappa shape index (κ2) is 8.58. The van der Waals surface area contributed by atoms with Crippen molar-refractivity contribution >= 4 is 37.5 Å². The van der Waals surface area contributed by atoms with Crippen molar-refractivity contribution in [2.45, 2.75) is 18.4 Å². The Labute approximate surface area is 179 Å². The minimum absolute atomic E-state index is 0.119. The third kappa shape index (κ3) is 3.98. The number of rotatable bonds is 6. The van der Waals surface area contributed by atoms with Gasteiger partial charge in [-0.3, -0.25) is 4.79 Å². The number of ether oxygens (including phenoxy) is 2. The predicted octanol–water partition coefficient (Wildman–Crippen LogP) is 2.73. The first kappa shape index (κ1) is 22.0. The Morgan fingerprint density at radius 2 is 1.70 bits per heavy atom. The van der Waals surface area contributed by atoms with Gasteiger partial charge in [0.2, 0.25) is 10.0 Å². The van der Waals surface area contributed by atoms with Gasteiger partial charge in [-0.2, -0.15) is 4.99 Å². The van der Waals surface area contributed by atoms with Gasteiger partial charge in [0.25, 0.3) is 5.91 Å². The van der Waals surface area contributed by atoms with Crippen LogP contribution in [0.15, 0.2) is 46.3 Å². The number of hydrogen-bond donors (Lipinski definition) is 0. The summed E-state index contributed by atoms with van der Waals surface area (Å²) in [5.41, 5.74) is 1.20. The van der Waals surface area contributed by atoms with Gasteiger partial charge in [0.15, 0.2) is 16.3 Å². The number of carbonyl (C=O) groups excluding carboxylic acids is 1. The molecule has 8 nitrogen and oxygen atoms in total. The number of hydrogen-bond acceptors (Lipinski definition) is 6. The molecule has 0 unspecified atom stereocenters. The topological polar surface area (TPSA) is 90.2 Å². The molecule has 0 N–H and O–H groups in total. The second-order valence-electron chi connectivity index (χ2n) is 6.53. The van der Waals surface area contributed by atoms with Gasteiger partial charge in [-0.05, 0) is 31.2 Å². The van der Waals surface area contributed by atoms with Gasteiger partial charge >= 0.3 is 0 Å². The molecule has 0 aliphatic heterocycles. The number of amides is 1. The van der Waals surface area contributed by atoms with Gasteiger partial charge in [0, 0.05) is 38.3 Å². The monoisotopic (exact) mass is 449 g/mol. The summed E-state index contributed by atoms with van der Waals surface area (Å²) in [6.45, 7) is 2.58. The zero-order chi connectivity index (χ0) is 22.1. The van der Waals surface area contributed by atoms with Crippen LogP contribution in [-0.2, 0) is 16.6 Å². The SMILES string of the molecule is CCn1c(=NC(=O)c2ccc(S(=O)(=O)N(C)C)cc2)sc2cc(OC)c(OC)cc21. The highest BCUT2D eigenvalue weighted by molar-refractivity contribution is 7.89. The molecular formula is C20H23N3O5S2. The minimum atomic E-state index is -3.55. The molecule has 1 heterocycles. The van der Waals surface area contributed by atoms with Crippen molar-refractivity contribution in [3.63, 3.8) is 0 Å². The van der Waals surface area contributed by atoms with Crippen molar-refractivity contribution in [1.29, 1.82) is 0 Å². The number of thiazole rings is 1. The summed E-state index contributed by atoms with van der Waals surface area (Å²) in [7, 11) is 2.50. The molecule has 0 aliphatic carbocycles. The number of aromatic nitrogens is 1. The van der Waals surface area contributed by atoms with Crippen molar-refractivity contribution in [3.8, 4) is 11.5 Å². The number of sulfonamides is 1. The quantitative estimate of drug-likeness (QED) is 0.577. The van der Waals surface area contributed by atoms with E-state index in [4.69, 9.17) is 9.47 Å². The highest BCUT2D eigenvalue weighted by atomic mass is 32.2. The molecule has 0 radical (unpaired) electrons. The maximum absolute atomic E-state index is 12.7. The van der Waals surface area contributed by atoms with E-state index in [1.54, 1.807) is 14.2 Å². The molecule has 0 saturated heterocycles. The molecule has 2 aromatic carbocycles. The fourth-order valence-corrected chi connectivity index (χ4v) is 4.92. The Bertz CT molecular complexity index is 1260. The lowest BCUT2D eigenvalue weighted by Crippen LogP contribution is -2.22. The van der Waals surface area contributed by atoms with Crippen LogP contribution in [-0.4, -0.2) is 51.5 Å². The fraction of sp³-hybridized carbons (Fsp3) is 0.300. The molecule has 0 aliphatic rings. The van der Waals surface area contributed by atoms with E-state index < -0.39 is 15.9 Å². The summed E-state index contributed by atoms with van der Waals surface area (Å²) in [6, 6.07) is 9.48. The van der Waals surface area contributed by atoms with E-state index in [-0.39, 0.29) is 4.90 Å². The van der Waals surface area contributed by atoms with E-state index in [1.807, 2.05) is 23.6 Å². The largest absolute Gasteiger partial charge is 0.493 e. The van der Waals surface area contributed by atoms with E-state index in [0.717, 1.165) is 14.5 Å². The van der Waals surface area contributed by atoms with E-state index in [2.05, 4.69) is 4.99 Å². The van der Waals surface area contributed by atoms with Crippen molar-refractivity contribution in [2.75, 3.05) is 28.3 Å². The zero-order valence-electron chi connectivity index (χ0n) is 17.4. The Hall–Kier alpha value is -2.69. The van der Waals surface area contributed by atoms with Gasteiger partial charge in [-0.1, -0.05) is 11.3 Å². The van der Waals surface area contributed by atoms with Crippen LogP contribution < -0.4 is 14.3 Å². The Morgan fingerprint density at radius 1 is 1.10 bits per heavy atom. The summed E-state index contributed by atoms with van der Waals surface area (Å²) in [4.78, 5) is 17.7. The van der Waals surface area contributed by atoms with Crippen LogP contribution >= 0.6 is 11.3 Å². The standard InChI is InChI=1S/C20H23N3O5S2/c1-6-23-15-11-16(27-4)17(28-5)12-18(15)29-20(23)21-19(24)13-7-9-14(10-8-13)30(25,26)22(2)3/h7-12H,6H2,1-5H3. The number of fused-ring (bicyclic) bond motifs is 1. The molecule has 3 aromatic rings. The smallest absolute Gasteiger partial charge is 0.279 e. The van der Waals surface area contributed by atoms with E-state index in [0.29, 0.717) is 28.4 Å². The Balaban J connectivity index is 2.05. The lowest BCUT2D eigenvalue weighted by Gasteiger charge is -2.11. The lowest BCUT2D eigenvalue weighted by molar-refractivity contribution is 0.0997. The fourth-order valence-electron chi connectivity index (χ4n) is 2.92. The molecular weight excluding hydrogens is 426 g/mol. The number of methoxy groups -OCH3 is 2. The first-order valence-electron chi connectivity index (χ1n) is 9.10. The van der Waals surface area contributed by atoms with Gasteiger partial charge in [-0.25, -0.2) is 12.7 Å². The molecule has 160 valence electrons. The van der Waals surface area contributed by atoms with Gasteiger partial charge in [-0.15, -0.1) is 0 Å². The molecule has 0 atom stereocenters. The van der Waals surface area contributed by atoms with E-state index in [1.165, 1.54) is 49.7 Å². The van der Waals surface area contributed by atoms with Crippen molar-refractivity contribution < 1.29 is 22.7 Å². The highest BCUT2D eigenvalue weighted by Gasteiger charge is 2.18.